The number of nitrogens with one attached hydrogen (secondary N) is 1. The van der Waals surface area contributed by atoms with Crippen LogP contribution in [-0.4, -0.2) is 77.4 Å². The Morgan fingerprint density at radius 3 is 2.38 bits per heavy atom. The molecule has 3 rings (SSSR count). The lowest BCUT2D eigenvalue weighted by atomic mass is 10.1. The van der Waals surface area contributed by atoms with Crippen molar-refractivity contribution in [3.8, 4) is 0 Å². The molecule has 0 unspecified atom stereocenters. The largest absolute Gasteiger partial charge is 0.325 e. The van der Waals surface area contributed by atoms with Crippen molar-refractivity contribution in [2.75, 3.05) is 51.1 Å². The minimum absolute atomic E-state index is 0.0415. The van der Waals surface area contributed by atoms with Crippen molar-refractivity contribution in [2.45, 2.75) is 26.2 Å². The third kappa shape index (κ3) is 4.45. The number of likely N-dealkylation sites (tertiary alicyclic amines) is 1. The second-order valence-electron chi connectivity index (χ2n) is 6.44. The summed E-state index contributed by atoms with van der Waals surface area (Å²) < 4.78 is 0. The first-order chi connectivity index (χ1) is 11.6. The van der Waals surface area contributed by atoms with Crippen molar-refractivity contribution in [3.05, 3.63) is 11.1 Å². The number of carbonyl (C=O) groups is 2. The minimum Gasteiger partial charge on any atom is -0.325 e. The maximum Gasteiger partial charge on any atom is 0.320 e. The number of hydrogen-bond acceptors (Lipinski definition) is 5. The van der Waals surface area contributed by atoms with Gasteiger partial charge in [0.25, 0.3) is 0 Å². The SMILES string of the molecule is Cc1csc(NC(=O)CN2CCN(C(=O)N3CCCCC3)CC2)n1. The van der Waals surface area contributed by atoms with E-state index in [1.54, 1.807) is 0 Å². The smallest absolute Gasteiger partial charge is 0.320 e. The number of hydrogen-bond donors (Lipinski definition) is 1. The van der Waals surface area contributed by atoms with Gasteiger partial charge in [-0.05, 0) is 26.2 Å². The van der Waals surface area contributed by atoms with E-state index in [0.29, 0.717) is 24.8 Å². The summed E-state index contributed by atoms with van der Waals surface area (Å²) in [5.74, 6) is -0.0415. The van der Waals surface area contributed by atoms with Gasteiger partial charge in [0.2, 0.25) is 5.91 Å². The second-order valence-corrected chi connectivity index (χ2v) is 7.29. The number of carbonyl (C=O) groups excluding carboxylic acids is 2. The molecule has 1 N–H and O–H groups in total. The van der Waals surface area contributed by atoms with Crippen molar-refractivity contribution in [1.82, 2.24) is 19.7 Å². The normalized spacial score (nSPS) is 19.4. The summed E-state index contributed by atoms with van der Waals surface area (Å²) in [4.78, 5) is 34.8. The van der Waals surface area contributed by atoms with E-state index in [4.69, 9.17) is 0 Å². The molecule has 0 spiro atoms. The molecule has 8 heteroatoms. The lowest BCUT2D eigenvalue weighted by molar-refractivity contribution is -0.117. The highest BCUT2D eigenvalue weighted by Gasteiger charge is 2.26. The van der Waals surface area contributed by atoms with Gasteiger partial charge >= 0.3 is 6.03 Å². The summed E-state index contributed by atoms with van der Waals surface area (Å²) in [7, 11) is 0. The zero-order chi connectivity index (χ0) is 16.9. The maximum absolute atomic E-state index is 12.5. The van der Waals surface area contributed by atoms with Crippen LogP contribution in [-0.2, 0) is 4.79 Å². The zero-order valence-corrected chi connectivity index (χ0v) is 15.0. The molecule has 1 aromatic heterocycles. The Hall–Kier alpha value is -1.67. The highest BCUT2D eigenvalue weighted by atomic mass is 32.1. The summed E-state index contributed by atoms with van der Waals surface area (Å²) in [5, 5.41) is 5.40. The molecular formula is C16H25N5O2S. The molecular weight excluding hydrogens is 326 g/mol. The molecule has 0 aliphatic carbocycles. The molecule has 0 saturated carbocycles. The summed E-state index contributed by atoms with van der Waals surface area (Å²) in [6.45, 7) is 6.89. The molecule has 0 atom stereocenters. The van der Waals surface area contributed by atoms with Gasteiger partial charge in [-0.15, -0.1) is 11.3 Å². The summed E-state index contributed by atoms with van der Waals surface area (Å²) >= 11 is 1.44. The van der Waals surface area contributed by atoms with E-state index in [2.05, 4.69) is 15.2 Å². The van der Waals surface area contributed by atoms with Crippen LogP contribution in [0, 0.1) is 6.92 Å². The molecule has 0 radical (unpaired) electrons. The molecule has 1 aromatic rings. The number of piperidine rings is 1. The van der Waals surface area contributed by atoms with Gasteiger partial charge in [-0.25, -0.2) is 9.78 Å². The van der Waals surface area contributed by atoms with Crippen molar-refractivity contribution in [3.63, 3.8) is 0 Å². The molecule has 3 heterocycles. The van der Waals surface area contributed by atoms with Crippen LogP contribution in [0.3, 0.4) is 0 Å². The van der Waals surface area contributed by atoms with Crippen LogP contribution >= 0.6 is 11.3 Å². The first-order valence-electron chi connectivity index (χ1n) is 8.60. The van der Waals surface area contributed by atoms with Gasteiger partial charge in [-0.2, -0.15) is 0 Å². The topological polar surface area (TPSA) is 68.8 Å². The van der Waals surface area contributed by atoms with Gasteiger partial charge in [-0.3, -0.25) is 9.69 Å². The molecule has 132 valence electrons. The van der Waals surface area contributed by atoms with E-state index in [-0.39, 0.29) is 11.9 Å². The Kier molecular flexibility index (Phi) is 5.68. The number of anilines is 1. The van der Waals surface area contributed by atoms with Crippen LogP contribution in [0.15, 0.2) is 5.38 Å². The van der Waals surface area contributed by atoms with Crippen LogP contribution < -0.4 is 5.32 Å². The number of urea groups is 1. The van der Waals surface area contributed by atoms with E-state index >= 15 is 0 Å². The van der Waals surface area contributed by atoms with Gasteiger partial charge < -0.3 is 15.1 Å². The van der Waals surface area contributed by atoms with E-state index in [9.17, 15) is 9.59 Å². The van der Waals surface area contributed by atoms with Gasteiger partial charge in [0.05, 0.1) is 12.2 Å². The van der Waals surface area contributed by atoms with Crippen molar-refractivity contribution in [2.24, 2.45) is 0 Å². The van der Waals surface area contributed by atoms with E-state index in [1.807, 2.05) is 22.1 Å². The number of nitrogens with zero attached hydrogens (tertiary/aromatic N) is 4. The van der Waals surface area contributed by atoms with Gasteiger partial charge in [-0.1, -0.05) is 0 Å². The molecule has 24 heavy (non-hydrogen) atoms. The maximum atomic E-state index is 12.5. The standard InChI is InChI=1S/C16H25N5O2S/c1-13-12-24-15(17-13)18-14(22)11-19-7-9-21(10-8-19)16(23)20-5-3-2-4-6-20/h12H,2-11H2,1H3,(H,17,18,22). The fraction of sp³-hybridized carbons (Fsp3) is 0.688. The third-order valence-corrected chi connectivity index (χ3v) is 5.38. The fourth-order valence-electron chi connectivity index (χ4n) is 3.16. The average molecular weight is 351 g/mol. The van der Waals surface area contributed by atoms with E-state index in [1.165, 1.54) is 17.8 Å². The summed E-state index contributed by atoms with van der Waals surface area (Å²) in [6, 6.07) is 0.164. The van der Waals surface area contributed by atoms with Crippen molar-refractivity contribution in [1.29, 1.82) is 0 Å². The monoisotopic (exact) mass is 351 g/mol. The van der Waals surface area contributed by atoms with Crippen LogP contribution in [0.1, 0.15) is 25.0 Å². The fourth-order valence-corrected chi connectivity index (χ4v) is 3.86. The quantitative estimate of drug-likeness (QED) is 0.898. The highest BCUT2D eigenvalue weighted by Crippen LogP contribution is 2.15. The molecule has 2 fully saturated rings. The number of aryl methyl sites for hydroxylation is 1. The van der Waals surface area contributed by atoms with E-state index < -0.39 is 0 Å². The number of thiazole rings is 1. The van der Waals surface area contributed by atoms with E-state index in [0.717, 1.165) is 44.7 Å². The lowest BCUT2D eigenvalue weighted by Crippen LogP contribution is -2.54. The molecule has 0 bridgehead atoms. The number of amides is 3. The van der Waals surface area contributed by atoms with Gasteiger partial charge in [0.1, 0.15) is 0 Å². The Morgan fingerprint density at radius 1 is 1.08 bits per heavy atom. The van der Waals surface area contributed by atoms with Gasteiger partial charge in [0.15, 0.2) is 5.13 Å². The predicted octanol–water partition coefficient (Wildman–Crippen LogP) is 1.61. The van der Waals surface area contributed by atoms with Crippen molar-refractivity contribution < 1.29 is 9.59 Å². The lowest BCUT2D eigenvalue weighted by Gasteiger charge is -2.38. The zero-order valence-electron chi connectivity index (χ0n) is 14.2. The Labute approximate surface area is 146 Å². The predicted molar refractivity (Wildman–Crippen MR) is 94.3 cm³/mol. The second kappa shape index (κ2) is 7.94. The summed E-state index contributed by atoms with van der Waals surface area (Å²) in [6.07, 6.45) is 3.45. The molecule has 2 saturated heterocycles. The Morgan fingerprint density at radius 2 is 1.75 bits per heavy atom. The number of rotatable bonds is 3. The Balaban J connectivity index is 1.41. The summed E-state index contributed by atoms with van der Waals surface area (Å²) in [5.41, 5.74) is 0.917. The first-order valence-corrected chi connectivity index (χ1v) is 9.48. The molecule has 3 amide bonds. The first kappa shape index (κ1) is 17.2. The minimum atomic E-state index is -0.0415. The highest BCUT2D eigenvalue weighted by molar-refractivity contribution is 7.13. The van der Waals surface area contributed by atoms with Crippen LogP contribution in [0.25, 0.3) is 0 Å². The number of piperazine rings is 1. The molecule has 7 nitrogen and oxygen atoms in total. The van der Waals surface area contributed by atoms with Crippen LogP contribution in [0.5, 0.6) is 0 Å². The molecule has 2 aliphatic rings. The van der Waals surface area contributed by atoms with Crippen molar-refractivity contribution >= 4 is 28.4 Å². The molecule has 0 aromatic carbocycles. The van der Waals surface area contributed by atoms with Gasteiger partial charge in [0, 0.05) is 44.6 Å². The average Bonchev–Trinajstić information content (AvgIpc) is 3.00. The Bertz CT molecular complexity index is 577. The third-order valence-electron chi connectivity index (χ3n) is 4.50. The number of aromatic nitrogens is 1. The van der Waals surface area contributed by atoms with Crippen LogP contribution in [0.4, 0.5) is 9.93 Å². The molecule has 2 aliphatic heterocycles. The van der Waals surface area contributed by atoms with Crippen LogP contribution in [0.2, 0.25) is 0 Å².